The number of ether oxygens (including phenoxy) is 1. The van der Waals surface area contributed by atoms with Crippen LogP contribution in [-0.2, 0) is 29.4 Å². The lowest BCUT2D eigenvalue weighted by atomic mass is 9.87. The van der Waals surface area contributed by atoms with E-state index in [9.17, 15) is 14.4 Å². The lowest BCUT2D eigenvalue weighted by molar-refractivity contribution is -0.119. The number of nitrogens with one attached hydrogen (secondary N) is 1. The van der Waals surface area contributed by atoms with Gasteiger partial charge in [0.05, 0.1) is 11.4 Å². The van der Waals surface area contributed by atoms with E-state index in [-0.39, 0.29) is 11.2 Å². The van der Waals surface area contributed by atoms with Crippen LogP contribution in [0.25, 0.3) is 5.69 Å². The maximum Gasteiger partial charge on any atom is 0.348 e. The minimum absolute atomic E-state index is 0.176. The Morgan fingerprint density at radius 3 is 2.72 bits per heavy atom. The number of thiophene rings is 1. The molecule has 2 heterocycles. The molecular formula is C24H27N3O4S. The molecule has 7 nitrogen and oxygen atoms in total. The van der Waals surface area contributed by atoms with Gasteiger partial charge in [-0.3, -0.25) is 14.3 Å². The van der Waals surface area contributed by atoms with Crippen LogP contribution < -0.4 is 10.9 Å². The minimum Gasteiger partial charge on any atom is -0.451 e. The van der Waals surface area contributed by atoms with Gasteiger partial charge >= 0.3 is 5.97 Å². The van der Waals surface area contributed by atoms with Gasteiger partial charge in [0.1, 0.15) is 10.6 Å². The second-order valence-electron chi connectivity index (χ2n) is 8.14. The lowest BCUT2D eigenvalue weighted by Gasteiger charge is -2.19. The van der Waals surface area contributed by atoms with Crippen LogP contribution in [0.1, 0.15) is 45.6 Å². The summed E-state index contributed by atoms with van der Waals surface area (Å²) in [7, 11) is 1.75. The second-order valence-corrected chi connectivity index (χ2v) is 9.27. The number of anilines is 1. The van der Waals surface area contributed by atoms with E-state index in [0.29, 0.717) is 22.2 Å². The highest BCUT2D eigenvalue weighted by Gasteiger charge is 2.23. The average Bonchev–Trinajstić information content (AvgIpc) is 3.32. The van der Waals surface area contributed by atoms with Gasteiger partial charge in [0.25, 0.3) is 11.5 Å². The number of aromatic nitrogens is 2. The fourth-order valence-electron chi connectivity index (χ4n) is 4.14. The van der Waals surface area contributed by atoms with Crippen LogP contribution in [0.4, 0.5) is 5.69 Å². The summed E-state index contributed by atoms with van der Waals surface area (Å²) in [4.78, 5) is 39.6. The molecule has 0 radical (unpaired) electrons. The van der Waals surface area contributed by atoms with E-state index in [1.54, 1.807) is 18.7 Å². The molecule has 168 valence electrons. The van der Waals surface area contributed by atoms with Crippen molar-refractivity contribution in [3.63, 3.8) is 0 Å². The van der Waals surface area contributed by atoms with Crippen LogP contribution in [0.5, 0.6) is 0 Å². The number of aryl methyl sites for hydroxylation is 1. The third kappa shape index (κ3) is 4.27. The molecule has 1 unspecified atom stereocenters. The number of benzene rings is 1. The molecule has 1 aliphatic carbocycles. The molecule has 32 heavy (non-hydrogen) atoms. The molecule has 0 saturated carbocycles. The van der Waals surface area contributed by atoms with Crippen molar-refractivity contribution in [3.05, 3.63) is 67.8 Å². The molecule has 1 N–H and O–H groups in total. The Hall–Kier alpha value is -3.13. The number of carbonyl (C=O) groups excluding carboxylic acids is 2. The number of esters is 1. The molecule has 0 bridgehead atoms. The average molecular weight is 454 g/mol. The monoisotopic (exact) mass is 453 g/mol. The smallest absolute Gasteiger partial charge is 0.348 e. The minimum atomic E-state index is -0.545. The predicted molar refractivity (Wildman–Crippen MR) is 125 cm³/mol. The highest BCUT2D eigenvalue weighted by molar-refractivity contribution is 7.14. The van der Waals surface area contributed by atoms with E-state index in [2.05, 4.69) is 12.2 Å². The van der Waals surface area contributed by atoms with Gasteiger partial charge in [-0.15, -0.1) is 11.3 Å². The molecule has 4 rings (SSSR count). The third-order valence-electron chi connectivity index (χ3n) is 6.12. The summed E-state index contributed by atoms with van der Waals surface area (Å²) in [5.41, 5.74) is 2.37. The van der Waals surface area contributed by atoms with E-state index < -0.39 is 18.5 Å². The molecule has 1 aromatic carbocycles. The van der Waals surface area contributed by atoms with Crippen LogP contribution in [-0.4, -0.2) is 27.8 Å². The number of rotatable bonds is 6. The van der Waals surface area contributed by atoms with E-state index in [0.717, 1.165) is 25.7 Å². The quantitative estimate of drug-likeness (QED) is 0.575. The molecule has 0 aliphatic heterocycles. The van der Waals surface area contributed by atoms with E-state index in [4.69, 9.17) is 4.74 Å². The number of hydrogen-bond donors (Lipinski definition) is 1. The molecule has 8 heteroatoms. The van der Waals surface area contributed by atoms with Crippen molar-refractivity contribution in [2.45, 2.75) is 39.5 Å². The number of amides is 1. The van der Waals surface area contributed by atoms with Gasteiger partial charge < -0.3 is 10.1 Å². The molecule has 1 atom stereocenters. The van der Waals surface area contributed by atoms with E-state index in [1.807, 2.05) is 36.4 Å². The first-order chi connectivity index (χ1) is 15.4. The van der Waals surface area contributed by atoms with Crippen molar-refractivity contribution >= 4 is 28.9 Å². The lowest BCUT2D eigenvalue weighted by Crippen LogP contribution is -2.25. The fraction of sp³-hybridized carbons (Fsp3) is 0.375. The van der Waals surface area contributed by atoms with Gasteiger partial charge in [0.15, 0.2) is 6.61 Å². The highest BCUT2D eigenvalue weighted by Crippen LogP contribution is 2.33. The summed E-state index contributed by atoms with van der Waals surface area (Å²) in [6.07, 6.45) is 4.28. The van der Waals surface area contributed by atoms with Gasteiger partial charge in [-0.2, -0.15) is 0 Å². The first kappa shape index (κ1) is 22.1. The Bertz CT molecular complexity index is 1210. The summed E-state index contributed by atoms with van der Waals surface area (Å²) in [5, 5.41) is 2.61. The first-order valence-electron chi connectivity index (χ1n) is 10.8. The molecule has 1 aliphatic rings. The summed E-state index contributed by atoms with van der Waals surface area (Å²) < 4.78 is 8.40. The Morgan fingerprint density at radius 2 is 2.00 bits per heavy atom. The third-order valence-corrected chi connectivity index (χ3v) is 7.33. The number of carbonyl (C=O) groups is 2. The van der Waals surface area contributed by atoms with Gasteiger partial charge in [0.2, 0.25) is 0 Å². The van der Waals surface area contributed by atoms with E-state index in [1.165, 1.54) is 26.5 Å². The fourth-order valence-corrected chi connectivity index (χ4v) is 5.24. The summed E-state index contributed by atoms with van der Waals surface area (Å²) in [6, 6.07) is 11.1. The maximum atomic E-state index is 12.9. The number of nitrogens with zero attached hydrogens (tertiary/aromatic N) is 2. The Morgan fingerprint density at radius 1 is 1.25 bits per heavy atom. The molecule has 1 amide bonds. The highest BCUT2D eigenvalue weighted by atomic mass is 32.1. The van der Waals surface area contributed by atoms with Crippen LogP contribution in [0.2, 0.25) is 0 Å². The second kappa shape index (κ2) is 9.16. The summed E-state index contributed by atoms with van der Waals surface area (Å²) in [6.45, 7) is 3.50. The zero-order valence-corrected chi connectivity index (χ0v) is 19.3. The van der Waals surface area contributed by atoms with Crippen molar-refractivity contribution in [2.24, 2.45) is 13.0 Å². The number of fused-ring (bicyclic) bond motifs is 1. The topological polar surface area (TPSA) is 82.3 Å². The number of para-hydroxylation sites is 1. The maximum absolute atomic E-state index is 12.9. The van der Waals surface area contributed by atoms with Gasteiger partial charge in [-0.05, 0) is 55.9 Å². The van der Waals surface area contributed by atoms with Crippen LogP contribution in [0, 0.1) is 12.8 Å². The molecule has 3 aromatic rings. The standard InChI is InChI=1S/C24H27N3O4S/c1-4-16-10-11-19-17(12-16)13-20(32-19)24(30)31-14-21(28)25-22-15(2)26(3)27(23(22)29)18-8-6-5-7-9-18/h5-9,13,16H,4,10-12,14H2,1-3H3,(H,25,28). The number of hydrogen-bond acceptors (Lipinski definition) is 5. The Kier molecular flexibility index (Phi) is 6.32. The zero-order valence-electron chi connectivity index (χ0n) is 18.5. The SMILES string of the molecule is CCC1CCc2sc(C(=O)OCC(=O)Nc3c(C)n(C)n(-c4ccccc4)c3=O)cc2C1. The van der Waals surface area contributed by atoms with Crippen molar-refractivity contribution in [1.29, 1.82) is 0 Å². The molecule has 0 spiro atoms. The molecule has 0 fully saturated rings. The van der Waals surface area contributed by atoms with Crippen molar-refractivity contribution in [2.75, 3.05) is 11.9 Å². The summed E-state index contributed by atoms with van der Waals surface area (Å²) in [5.74, 6) is -0.378. The largest absolute Gasteiger partial charge is 0.451 e. The van der Waals surface area contributed by atoms with Gasteiger partial charge in [0, 0.05) is 11.9 Å². The summed E-state index contributed by atoms with van der Waals surface area (Å²) >= 11 is 1.46. The Labute approximate surface area is 190 Å². The van der Waals surface area contributed by atoms with Gasteiger partial charge in [-0.25, -0.2) is 9.48 Å². The van der Waals surface area contributed by atoms with Crippen LogP contribution in [0.3, 0.4) is 0 Å². The van der Waals surface area contributed by atoms with Crippen molar-refractivity contribution < 1.29 is 14.3 Å². The Balaban J connectivity index is 1.41. The van der Waals surface area contributed by atoms with Gasteiger partial charge in [-0.1, -0.05) is 31.5 Å². The van der Waals surface area contributed by atoms with Crippen molar-refractivity contribution in [1.82, 2.24) is 9.36 Å². The zero-order chi connectivity index (χ0) is 22.8. The molecule has 0 saturated heterocycles. The van der Waals surface area contributed by atoms with Crippen molar-refractivity contribution in [3.8, 4) is 5.69 Å². The van der Waals surface area contributed by atoms with E-state index >= 15 is 0 Å². The normalized spacial score (nSPS) is 15.3. The van der Waals surface area contributed by atoms with Crippen LogP contribution >= 0.6 is 11.3 Å². The molecule has 2 aromatic heterocycles. The first-order valence-corrected chi connectivity index (χ1v) is 11.6. The molecular weight excluding hydrogens is 426 g/mol. The van der Waals surface area contributed by atoms with Crippen LogP contribution in [0.15, 0.2) is 41.2 Å². The predicted octanol–water partition coefficient (Wildman–Crippen LogP) is 3.86.